The Morgan fingerprint density at radius 3 is 2.23 bits per heavy atom. The van der Waals surface area contributed by atoms with E-state index < -0.39 is 54.6 Å². The molecule has 26 heteroatoms. The van der Waals surface area contributed by atoms with Crippen molar-refractivity contribution in [3.8, 4) is 0 Å². The number of alkyl halides is 1. The number of amides is 2. The first kappa shape index (κ1) is 40.7. The third-order valence-electron chi connectivity index (χ3n) is 6.53. The molecule has 0 aromatic carbocycles. The number of phosphoric acid groups is 3. The molecule has 3 rings (SSSR count). The van der Waals surface area contributed by atoms with Crippen LogP contribution in [0.15, 0.2) is 12.7 Å². The number of anilines is 1. The highest BCUT2D eigenvalue weighted by Crippen LogP contribution is 2.66. The van der Waals surface area contributed by atoms with Gasteiger partial charge in [-0.05, 0) is 19.3 Å². The molecular weight excluding hydrogens is 822 g/mol. The molecule has 6 atom stereocenters. The quantitative estimate of drug-likeness (QED) is 0.0351. The lowest BCUT2D eigenvalue weighted by atomic mass is 10.1. The van der Waals surface area contributed by atoms with Gasteiger partial charge in [-0.15, -0.1) is 0 Å². The molecule has 0 saturated carbocycles. The van der Waals surface area contributed by atoms with Gasteiger partial charge in [0.25, 0.3) is 0 Å². The van der Waals surface area contributed by atoms with E-state index in [0.717, 1.165) is 25.7 Å². The second-order valence-electron chi connectivity index (χ2n) is 10.3. The summed E-state index contributed by atoms with van der Waals surface area (Å²) in [6.07, 6.45) is 0.640. The van der Waals surface area contributed by atoms with Crippen molar-refractivity contribution in [3.05, 3.63) is 12.7 Å². The van der Waals surface area contributed by atoms with E-state index in [-0.39, 0.29) is 17.5 Å². The number of aliphatic hydroxyl groups excluding tert-OH is 2. The number of rotatable bonds is 21. The number of ether oxygens (including phenoxy) is 1. The Balaban J connectivity index is 1.44. The van der Waals surface area contributed by atoms with E-state index in [1.807, 2.05) is 22.6 Å². The molecule has 1 aliphatic heterocycles. The van der Waals surface area contributed by atoms with Gasteiger partial charge in [-0.1, -0.05) is 35.4 Å². The minimum atomic E-state index is -5.75. The third kappa shape index (κ3) is 13.2. The van der Waals surface area contributed by atoms with Gasteiger partial charge in [0, 0.05) is 26.1 Å². The molecule has 9 N–H and O–H groups in total. The standard InChI is InChI=1S/C22H37IN7O15P3/c23-10-16(32)25-9-5-6-15(31)24-7-3-1-2-4-8-26-20-17-21(28-12-27-20)30(13-29-17)22-19(34)18(33)14(43-22)11-42-47(38,39)45-48(40,41)44-46(35,36)37/h12-14,18-19,22,33-34H,1-11H2,(H,24,31)(H,25,32)(H,38,39)(H,40,41)(H,26,27,28)(H2,35,36,37)/t14-,18-,19-,22-/m1/s1. The van der Waals surface area contributed by atoms with Crippen LogP contribution in [0.25, 0.3) is 11.2 Å². The predicted octanol–water partition coefficient (Wildman–Crippen LogP) is 0.209. The zero-order chi connectivity index (χ0) is 35.5. The highest BCUT2D eigenvalue weighted by molar-refractivity contribution is 14.1. The molecule has 2 unspecified atom stereocenters. The second kappa shape index (κ2) is 18.5. The highest BCUT2D eigenvalue weighted by Gasteiger charge is 2.47. The minimum absolute atomic E-state index is 0.0557. The monoisotopic (exact) mass is 859 g/mol. The molecule has 2 aromatic heterocycles. The molecule has 1 aliphatic rings. The number of carbonyl (C=O) groups excluding carboxylic acids is 2. The summed E-state index contributed by atoms with van der Waals surface area (Å²) in [6.45, 7) is 0.588. The molecule has 0 radical (unpaired) electrons. The number of aromatic nitrogens is 4. The molecular formula is C22H37IN7O15P3. The summed E-state index contributed by atoms with van der Waals surface area (Å²) >= 11 is 1.97. The molecule has 0 aliphatic carbocycles. The Bertz CT molecular complexity index is 1530. The summed E-state index contributed by atoms with van der Waals surface area (Å²) in [6, 6.07) is 0. The number of nitrogens with zero attached hydrogens (tertiary/aromatic N) is 4. The van der Waals surface area contributed by atoms with Crippen LogP contribution in [0, 0.1) is 0 Å². The van der Waals surface area contributed by atoms with Gasteiger partial charge < -0.3 is 50.5 Å². The number of hydrogen-bond donors (Lipinski definition) is 9. The Labute approximate surface area is 286 Å². The first-order valence-electron chi connectivity index (χ1n) is 14.3. The maximum absolute atomic E-state index is 12.0. The molecule has 1 saturated heterocycles. The van der Waals surface area contributed by atoms with Crippen molar-refractivity contribution < 1.29 is 71.0 Å². The van der Waals surface area contributed by atoms with Gasteiger partial charge in [0.15, 0.2) is 23.2 Å². The van der Waals surface area contributed by atoms with Crippen LogP contribution in [-0.2, 0) is 41.2 Å². The van der Waals surface area contributed by atoms with Crippen LogP contribution in [0.3, 0.4) is 0 Å². The van der Waals surface area contributed by atoms with Crippen molar-refractivity contribution in [3.63, 3.8) is 0 Å². The summed E-state index contributed by atoms with van der Waals surface area (Å²) < 4.78 is 53.4. The fourth-order valence-electron chi connectivity index (χ4n) is 4.39. The van der Waals surface area contributed by atoms with Crippen LogP contribution in [-0.4, -0.2) is 110 Å². The summed E-state index contributed by atoms with van der Waals surface area (Å²) in [5.74, 6) is 0.272. The molecule has 272 valence electrons. The zero-order valence-corrected chi connectivity index (χ0v) is 29.9. The van der Waals surface area contributed by atoms with Crippen molar-refractivity contribution in [2.24, 2.45) is 0 Å². The largest absolute Gasteiger partial charge is 0.490 e. The Hall–Kier alpha value is -1.69. The summed E-state index contributed by atoms with van der Waals surface area (Å²) in [5.41, 5.74) is 0.525. The molecule has 0 spiro atoms. The lowest BCUT2D eigenvalue weighted by molar-refractivity contribution is -0.122. The van der Waals surface area contributed by atoms with Crippen molar-refractivity contribution in [2.45, 2.75) is 63.1 Å². The van der Waals surface area contributed by atoms with Crippen LogP contribution in [0.1, 0.15) is 44.8 Å². The number of fused-ring (bicyclic) bond motifs is 1. The summed E-state index contributed by atoms with van der Waals surface area (Å²) in [7, 11) is -16.8. The number of halogens is 1. The van der Waals surface area contributed by atoms with Crippen molar-refractivity contribution >= 4 is 74.9 Å². The van der Waals surface area contributed by atoms with Gasteiger partial charge in [-0.25, -0.2) is 28.6 Å². The lowest BCUT2D eigenvalue weighted by Crippen LogP contribution is -2.33. The average Bonchev–Trinajstić information content (AvgIpc) is 3.54. The number of carbonyl (C=O) groups is 2. The van der Waals surface area contributed by atoms with Crippen molar-refractivity contribution in [1.82, 2.24) is 30.2 Å². The van der Waals surface area contributed by atoms with Crippen molar-refractivity contribution in [1.29, 1.82) is 0 Å². The Morgan fingerprint density at radius 1 is 0.875 bits per heavy atom. The molecule has 2 aromatic rings. The molecule has 22 nitrogen and oxygen atoms in total. The maximum atomic E-state index is 12.0. The van der Waals surface area contributed by atoms with E-state index in [9.17, 15) is 43.3 Å². The normalized spacial score (nSPS) is 22.2. The number of unbranched alkanes of at least 4 members (excludes halogenated alkanes) is 3. The third-order valence-corrected chi connectivity index (χ3v) is 11.0. The fraction of sp³-hybridized carbons (Fsp3) is 0.682. The van der Waals surface area contributed by atoms with Crippen LogP contribution in [0.4, 0.5) is 5.82 Å². The summed E-state index contributed by atoms with van der Waals surface area (Å²) in [5, 5.41) is 29.8. The maximum Gasteiger partial charge on any atom is 0.490 e. The number of imidazole rings is 1. The molecule has 48 heavy (non-hydrogen) atoms. The van der Waals surface area contributed by atoms with E-state index >= 15 is 0 Å². The lowest BCUT2D eigenvalue weighted by Gasteiger charge is -2.19. The number of hydrogen-bond acceptors (Lipinski definition) is 15. The van der Waals surface area contributed by atoms with E-state index in [1.54, 1.807) is 0 Å². The molecule has 1 fully saturated rings. The van der Waals surface area contributed by atoms with E-state index in [4.69, 9.17) is 14.5 Å². The van der Waals surface area contributed by atoms with E-state index in [0.29, 0.717) is 48.2 Å². The smallest absolute Gasteiger partial charge is 0.387 e. The summed E-state index contributed by atoms with van der Waals surface area (Å²) in [4.78, 5) is 71.9. The van der Waals surface area contributed by atoms with Gasteiger partial charge in [0.2, 0.25) is 11.8 Å². The van der Waals surface area contributed by atoms with E-state index in [1.165, 1.54) is 17.2 Å². The topological polar surface area (TPSA) is 323 Å². The first-order valence-corrected chi connectivity index (χ1v) is 20.4. The first-order chi connectivity index (χ1) is 22.5. The van der Waals surface area contributed by atoms with Gasteiger partial charge in [-0.2, -0.15) is 8.62 Å². The second-order valence-corrected chi connectivity index (χ2v) is 15.4. The number of aliphatic hydroxyl groups is 2. The van der Waals surface area contributed by atoms with Crippen LogP contribution in [0.5, 0.6) is 0 Å². The van der Waals surface area contributed by atoms with E-state index in [2.05, 4.69) is 44.0 Å². The van der Waals surface area contributed by atoms with Gasteiger partial charge >= 0.3 is 23.5 Å². The fourth-order valence-corrected chi connectivity index (χ4v) is 7.69. The Kier molecular flexibility index (Phi) is 15.7. The SMILES string of the molecule is O=C(CI)NCCCC(=O)NCCCCCCNc1ncnc2c1ncn2[C@@H]1O[C@H](COP(=O)(O)OP(=O)(O)OP(=O)(O)O)[C@@H](O)[C@H]1O. The molecule has 0 bridgehead atoms. The van der Waals surface area contributed by atoms with Crippen LogP contribution in [0.2, 0.25) is 0 Å². The number of nitrogens with one attached hydrogen (secondary N) is 3. The van der Waals surface area contributed by atoms with Crippen LogP contribution >= 0.6 is 46.1 Å². The zero-order valence-electron chi connectivity index (χ0n) is 25.1. The average molecular weight is 859 g/mol. The minimum Gasteiger partial charge on any atom is -0.387 e. The molecule has 3 heterocycles. The van der Waals surface area contributed by atoms with Gasteiger partial charge in [0.1, 0.15) is 24.6 Å². The molecule has 2 amide bonds. The van der Waals surface area contributed by atoms with Crippen molar-refractivity contribution in [2.75, 3.05) is 36.0 Å². The predicted molar refractivity (Wildman–Crippen MR) is 172 cm³/mol. The van der Waals surface area contributed by atoms with Gasteiger partial charge in [0.05, 0.1) is 17.4 Å². The van der Waals surface area contributed by atoms with Gasteiger partial charge in [-0.3, -0.25) is 18.7 Å². The number of phosphoric ester groups is 1. The Morgan fingerprint density at radius 2 is 1.54 bits per heavy atom. The highest BCUT2D eigenvalue weighted by atomic mass is 127. The van der Waals surface area contributed by atoms with Crippen LogP contribution < -0.4 is 16.0 Å².